The summed E-state index contributed by atoms with van der Waals surface area (Å²) in [6, 6.07) is 7.10. The van der Waals surface area contributed by atoms with Crippen LogP contribution in [-0.2, 0) is 9.53 Å². The lowest BCUT2D eigenvalue weighted by molar-refractivity contribution is -0.143. The number of ether oxygens (including phenoxy) is 1. The summed E-state index contributed by atoms with van der Waals surface area (Å²) in [5.41, 5.74) is 0.854. The maximum absolute atomic E-state index is 11.6. The second-order valence-electron chi connectivity index (χ2n) is 4.14. The van der Waals surface area contributed by atoms with Gasteiger partial charge in [-0.3, -0.25) is 0 Å². The van der Waals surface area contributed by atoms with Crippen molar-refractivity contribution >= 4 is 23.6 Å². The number of aryl methyl sites for hydroxylation is 1. The molecule has 0 aliphatic rings. The molecule has 2 rings (SSSR count). The Kier molecular flexibility index (Phi) is 4.53. The van der Waals surface area contributed by atoms with Crippen LogP contribution in [0.1, 0.15) is 30.3 Å². The van der Waals surface area contributed by atoms with E-state index in [0.29, 0.717) is 10.8 Å². The smallest absolute Gasteiger partial charge is 0.331 e. The van der Waals surface area contributed by atoms with Crippen molar-refractivity contribution < 1.29 is 14.1 Å². The number of carbonyl (C=O) groups excluding carboxylic acids is 1. The molecule has 0 radical (unpaired) electrons. The third-order valence-corrected chi connectivity index (χ3v) is 2.72. The molecule has 104 valence electrons. The van der Waals surface area contributed by atoms with Crippen molar-refractivity contribution in [3.63, 3.8) is 0 Å². The predicted octanol–water partition coefficient (Wildman–Crippen LogP) is 3.35. The highest BCUT2D eigenvalue weighted by Gasteiger charge is 2.16. The van der Waals surface area contributed by atoms with Gasteiger partial charge in [-0.1, -0.05) is 28.9 Å². The Morgan fingerprint density at radius 2 is 2.10 bits per heavy atom. The van der Waals surface area contributed by atoms with Crippen molar-refractivity contribution in [3.05, 3.63) is 52.6 Å². The second kappa shape index (κ2) is 6.34. The quantitative estimate of drug-likeness (QED) is 0.638. The minimum Gasteiger partial charge on any atom is -0.449 e. The predicted molar refractivity (Wildman–Crippen MR) is 74.0 cm³/mol. The fourth-order valence-corrected chi connectivity index (χ4v) is 1.61. The Hall–Kier alpha value is -2.14. The van der Waals surface area contributed by atoms with Gasteiger partial charge in [0.2, 0.25) is 0 Å². The first-order valence-electron chi connectivity index (χ1n) is 5.99. The van der Waals surface area contributed by atoms with E-state index in [-0.39, 0.29) is 5.89 Å². The molecule has 20 heavy (non-hydrogen) atoms. The lowest BCUT2D eigenvalue weighted by Crippen LogP contribution is -2.06. The molecule has 2 aromatic rings. The van der Waals surface area contributed by atoms with E-state index in [0.717, 1.165) is 5.56 Å². The van der Waals surface area contributed by atoms with E-state index in [1.165, 1.54) is 6.08 Å². The summed E-state index contributed by atoms with van der Waals surface area (Å²) < 4.78 is 10.1. The average molecular weight is 293 g/mol. The Balaban J connectivity index is 1.93. The Bertz CT molecular complexity index is 620. The summed E-state index contributed by atoms with van der Waals surface area (Å²) in [5.74, 6) is 0.290. The van der Waals surface area contributed by atoms with E-state index in [9.17, 15) is 4.79 Å². The maximum atomic E-state index is 11.6. The maximum Gasteiger partial charge on any atom is 0.331 e. The van der Waals surface area contributed by atoms with Gasteiger partial charge in [-0.05, 0) is 37.6 Å². The van der Waals surface area contributed by atoms with Crippen LogP contribution in [0.25, 0.3) is 6.08 Å². The minimum absolute atomic E-state index is 0.274. The van der Waals surface area contributed by atoms with Crippen LogP contribution in [0, 0.1) is 6.92 Å². The minimum atomic E-state index is -0.585. The molecule has 0 aliphatic carbocycles. The van der Waals surface area contributed by atoms with Gasteiger partial charge in [-0.25, -0.2) is 4.79 Å². The molecule has 0 spiro atoms. The fourth-order valence-electron chi connectivity index (χ4n) is 1.48. The number of hydrogen-bond donors (Lipinski definition) is 0. The molecule has 5 nitrogen and oxygen atoms in total. The van der Waals surface area contributed by atoms with Crippen molar-refractivity contribution in [1.82, 2.24) is 10.1 Å². The third-order valence-electron chi connectivity index (χ3n) is 2.47. The van der Waals surface area contributed by atoms with E-state index in [1.54, 1.807) is 44.2 Å². The topological polar surface area (TPSA) is 65.2 Å². The van der Waals surface area contributed by atoms with Gasteiger partial charge in [0.1, 0.15) is 0 Å². The molecule has 0 N–H and O–H groups in total. The molecule has 0 bridgehead atoms. The third kappa shape index (κ3) is 3.93. The van der Waals surface area contributed by atoms with Crippen LogP contribution >= 0.6 is 11.6 Å². The molecular formula is C14H13ClN2O3. The number of hydrogen-bond acceptors (Lipinski definition) is 5. The average Bonchev–Trinajstić information content (AvgIpc) is 2.85. The van der Waals surface area contributed by atoms with Gasteiger partial charge < -0.3 is 9.26 Å². The summed E-state index contributed by atoms with van der Waals surface area (Å²) in [6.45, 7) is 3.36. The van der Waals surface area contributed by atoms with Crippen molar-refractivity contribution in [2.24, 2.45) is 0 Å². The number of carbonyl (C=O) groups is 1. The van der Waals surface area contributed by atoms with Crippen LogP contribution in [0.2, 0.25) is 5.02 Å². The van der Waals surface area contributed by atoms with Crippen molar-refractivity contribution in [2.45, 2.75) is 20.0 Å². The summed E-state index contributed by atoms with van der Waals surface area (Å²) >= 11 is 5.77. The van der Waals surface area contributed by atoms with Crippen LogP contribution in [-0.4, -0.2) is 16.1 Å². The second-order valence-corrected chi connectivity index (χ2v) is 4.58. The number of esters is 1. The van der Waals surface area contributed by atoms with Gasteiger partial charge in [0.05, 0.1) is 0 Å². The molecule has 0 saturated heterocycles. The van der Waals surface area contributed by atoms with Crippen LogP contribution in [0.4, 0.5) is 0 Å². The molecule has 1 heterocycles. The zero-order chi connectivity index (χ0) is 14.5. The fraction of sp³-hybridized carbons (Fsp3) is 0.214. The Morgan fingerprint density at radius 1 is 1.40 bits per heavy atom. The lowest BCUT2D eigenvalue weighted by Gasteiger charge is -2.06. The highest BCUT2D eigenvalue weighted by molar-refractivity contribution is 6.30. The first-order chi connectivity index (χ1) is 9.54. The number of rotatable bonds is 4. The monoisotopic (exact) mass is 292 g/mol. The largest absolute Gasteiger partial charge is 0.449 e. The highest BCUT2D eigenvalue weighted by Crippen LogP contribution is 2.15. The van der Waals surface area contributed by atoms with Gasteiger partial charge in [0.25, 0.3) is 5.89 Å². The van der Waals surface area contributed by atoms with E-state index in [2.05, 4.69) is 10.1 Å². The van der Waals surface area contributed by atoms with Crippen LogP contribution in [0.3, 0.4) is 0 Å². The standard InChI is InChI=1S/C14H13ClN2O3/c1-9(14-16-10(2)17-20-14)19-13(18)8-5-11-3-6-12(15)7-4-11/h3-9H,1-2H3. The molecule has 6 heteroatoms. The zero-order valence-corrected chi connectivity index (χ0v) is 11.8. The van der Waals surface area contributed by atoms with Crippen molar-refractivity contribution in [2.75, 3.05) is 0 Å². The SMILES string of the molecule is Cc1noc(C(C)OC(=O)C=Cc2ccc(Cl)cc2)n1. The normalized spacial score (nSPS) is 12.6. The number of aromatic nitrogens is 2. The summed E-state index contributed by atoms with van der Waals surface area (Å²) in [4.78, 5) is 15.6. The Labute approximate surface area is 121 Å². The molecule has 1 aromatic heterocycles. The molecule has 1 unspecified atom stereocenters. The molecule has 1 aromatic carbocycles. The van der Waals surface area contributed by atoms with Gasteiger partial charge >= 0.3 is 5.97 Å². The van der Waals surface area contributed by atoms with Crippen LogP contribution < -0.4 is 0 Å². The molecular weight excluding hydrogens is 280 g/mol. The van der Waals surface area contributed by atoms with Gasteiger partial charge in [-0.15, -0.1) is 0 Å². The summed E-state index contributed by atoms with van der Waals surface area (Å²) in [6.07, 6.45) is 2.39. The number of benzene rings is 1. The van der Waals surface area contributed by atoms with Crippen molar-refractivity contribution in [3.8, 4) is 0 Å². The first-order valence-corrected chi connectivity index (χ1v) is 6.37. The van der Waals surface area contributed by atoms with Crippen LogP contribution in [0.15, 0.2) is 34.9 Å². The zero-order valence-electron chi connectivity index (χ0n) is 11.0. The molecule has 1 atom stereocenters. The Morgan fingerprint density at radius 3 is 2.70 bits per heavy atom. The lowest BCUT2D eigenvalue weighted by atomic mass is 10.2. The van der Waals surface area contributed by atoms with E-state index in [4.69, 9.17) is 20.9 Å². The molecule has 0 amide bonds. The van der Waals surface area contributed by atoms with E-state index < -0.39 is 12.1 Å². The van der Waals surface area contributed by atoms with E-state index in [1.807, 2.05) is 0 Å². The first kappa shape index (κ1) is 14.3. The highest BCUT2D eigenvalue weighted by atomic mass is 35.5. The van der Waals surface area contributed by atoms with Crippen molar-refractivity contribution in [1.29, 1.82) is 0 Å². The van der Waals surface area contributed by atoms with Gasteiger partial charge in [0.15, 0.2) is 11.9 Å². The molecule has 0 fully saturated rings. The van der Waals surface area contributed by atoms with Gasteiger partial charge in [-0.2, -0.15) is 4.98 Å². The van der Waals surface area contributed by atoms with Crippen LogP contribution in [0.5, 0.6) is 0 Å². The molecule has 0 saturated carbocycles. The summed E-state index contributed by atoms with van der Waals surface area (Å²) in [5, 5.41) is 4.28. The number of nitrogens with zero attached hydrogens (tertiary/aromatic N) is 2. The van der Waals surface area contributed by atoms with E-state index >= 15 is 0 Å². The van der Waals surface area contributed by atoms with Gasteiger partial charge in [0, 0.05) is 11.1 Å². The number of halogens is 1. The molecule has 0 aliphatic heterocycles. The summed E-state index contributed by atoms with van der Waals surface area (Å²) in [7, 11) is 0.